The van der Waals surface area contributed by atoms with Crippen LogP contribution in [-0.4, -0.2) is 6.04 Å². The van der Waals surface area contributed by atoms with E-state index in [-0.39, 0.29) is 0 Å². The molecule has 20 heavy (non-hydrogen) atoms. The first-order chi connectivity index (χ1) is 9.92. The highest BCUT2D eigenvalue weighted by atomic mass is 32.1. The van der Waals surface area contributed by atoms with Crippen LogP contribution in [0.3, 0.4) is 0 Å². The summed E-state index contributed by atoms with van der Waals surface area (Å²) in [5, 5.41) is 6.41. The van der Waals surface area contributed by atoms with Gasteiger partial charge in [-0.3, -0.25) is 0 Å². The smallest absolute Gasteiger partial charge is 0.0445 e. The van der Waals surface area contributed by atoms with Crippen molar-refractivity contribution in [2.75, 3.05) is 0 Å². The van der Waals surface area contributed by atoms with Crippen LogP contribution >= 0.6 is 11.3 Å². The lowest BCUT2D eigenvalue weighted by molar-refractivity contribution is 0.337. The second kappa shape index (κ2) is 4.58. The van der Waals surface area contributed by atoms with Crippen LogP contribution in [0.2, 0.25) is 0 Å². The van der Waals surface area contributed by atoms with E-state index in [0.29, 0.717) is 6.04 Å². The fourth-order valence-electron chi connectivity index (χ4n) is 5.97. The van der Waals surface area contributed by atoms with Crippen LogP contribution in [0.15, 0.2) is 17.5 Å². The fraction of sp³-hybridized carbons (Fsp3) is 0.778. The average Bonchev–Trinajstić information content (AvgIpc) is 3.09. The molecule has 1 aromatic rings. The van der Waals surface area contributed by atoms with E-state index in [4.69, 9.17) is 0 Å². The van der Waals surface area contributed by atoms with Crippen molar-refractivity contribution in [1.82, 2.24) is 5.32 Å². The highest BCUT2D eigenvalue weighted by Gasteiger charge is 2.65. The summed E-state index contributed by atoms with van der Waals surface area (Å²) in [6, 6.07) is 6.16. The minimum Gasteiger partial charge on any atom is -0.306 e. The Morgan fingerprint density at radius 2 is 1.80 bits per heavy atom. The molecule has 0 aliphatic heterocycles. The molecule has 0 amide bonds. The molecule has 108 valence electrons. The summed E-state index contributed by atoms with van der Waals surface area (Å²) >= 11 is 1.97. The molecule has 1 heterocycles. The van der Waals surface area contributed by atoms with Gasteiger partial charge in [0.15, 0.2) is 0 Å². The summed E-state index contributed by atoms with van der Waals surface area (Å²) in [4.78, 5) is 1.61. The van der Waals surface area contributed by atoms with Crippen molar-refractivity contribution in [3.8, 4) is 0 Å². The van der Waals surface area contributed by atoms with Gasteiger partial charge in [0.25, 0.3) is 0 Å². The molecule has 4 aliphatic rings. The third-order valence-electron chi connectivity index (χ3n) is 6.83. The molecule has 5 unspecified atom stereocenters. The number of rotatable bonds is 4. The van der Waals surface area contributed by atoms with Crippen molar-refractivity contribution < 1.29 is 0 Å². The number of hydrogen-bond acceptors (Lipinski definition) is 2. The molecular weight excluding hydrogens is 262 g/mol. The van der Waals surface area contributed by atoms with E-state index in [0.717, 1.165) is 35.6 Å². The molecule has 5 atom stereocenters. The van der Waals surface area contributed by atoms with Gasteiger partial charge < -0.3 is 5.32 Å². The summed E-state index contributed by atoms with van der Waals surface area (Å²) in [6.45, 7) is 0. The van der Waals surface area contributed by atoms with Crippen LogP contribution in [0.5, 0.6) is 0 Å². The van der Waals surface area contributed by atoms with Crippen molar-refractivity contribution in [3.05, 3.63) is 22.4 Å². The van der Waals surface area contributed by atoms with Gasteiger partial charge in [-0.05, 0) is 73.1 Å². The summed E-state index contributed by atoms with van der Waals surface area (Å²) < 4.78 is 0. The Kier molecular flexibility index (Phi) is 2.80. The SMILES string of the molecule is c1csc(C(NC2C3C4CCC(C4)C23)C2CCCC2)c1. The number of nitrogens with one attached hydrogen (secondary N) is 1. The van der Waals surface area contributed by atoms with E-state index >= 15 is 0 Å². The molecule has 4 fully saturated rings. The maximum Gasteiger partial charge on any atom is 0.0445 e. The van der Waals surface area contributed by atoms with Crippen molar-refractivity contribution in [2.45, 2.75) is 57.0 Å². The highest BCUT2D eigenvalue weighted by molar-refractivity contribution is 7.10. The van der Waals surface area contributed by atoms with E-state index in [1.165, 1.54) is 38.5 Å². The minimum absolute atomic E-state index is 0.674. The quantitative estimate of drug-likeness (QED) is 0.852. The van der Waals surface area contributed by atoms with Crippen molar-refractivity contribution >= 4 is 11.3 Å². The van der Waals surface area contributed by atoms with Gasteiger partial charge in [-0.25, -0.2) is 0 Å². The number of fused-ring (bicyclic) bond motifs is 5. The zero-order valence-corrected chi connectivity index (χ0v) is 12.9. The summed E-state index contributed by atoms with van der Waals surface area (Å²) in [5.41, 5.74) is 0. The van der Waals surface area contributed by atoms with Crippen molar-refractivity contribution in [3.63, 3.8) is 0 Å². The maximum absolute atomic E-state index is 4.15. The zero-order chi connectivity index (χ0) is 13.1. The van der Waals surface area contributed by atoms with Gasteiger partial charge >= 0.3 is 0 Å². The van der Waals surface area contributed by atoms with E-state index in [1.54, 1.807) is 11.3 Å². The number of thiophene rings is 1. The van der Waals surface area contributed by atoms with Crippen LogP contribution in [0.1, 0.15) is 55.9 Å². The van der Waals surface area contributed by atoms with Crippen LogP contribution in [0, 0.1) is 29.6 Å². The molecule has 1 aromatic heterocycles. The molecule has 0 aromatic carbocycles. The Morgan fingerprint density at radius 1 is 1.05 bits per heavy atom. The third-order valence-corrected chi connectivity index (χ3v) is 7.78. The van der Waals surface area contributed by atoms with Gasteiger partial charge in [-0.1, -0.05) is 18.9 Å². The lowest BCUT2D eigenvalue weighted by Crippen LogP contribution is -2.31. The molecular formula is C18H25NS. The monoisotopic (exact) mass is 287 g/mol. The molecule has 0 spiro atoms. The molecule has 1 N–H and O–H groups in total. The van der Waals surface area contributed by atoms with Gasteiger partial charge in [-0.15, -0.1) is 11.3 Å². The van der Waals surface area contributed by atoms with Gasteiger partial charge in [0, 0.05) is 17.0 Å². The first-order valence-corrected chi connectivity index (χ1v) is 9.59. The maximum atomic E-state index is 4.15. The second-order valence-electron chi connectivity index (χ2n) is 7.72. The molecule has 2 heteroatoms. The molecule has 2 bridgehead atoms. The van der Waals surface area contributed by atoms with Crippen LogP contribution in [0.4, 0.5) is 0 Å². The lowest BCUT2D eigenvalue weighted by atomic mass is 9.95. The first-order valence-electron chi connectivity index (χ1n) is 8.71. The normalized spacial score (nSPS) is 43.9. The van der Waals surface area contributed by atoms with E-state index < -0.39 is 0 Å². The first kappa shape index (κ1) is 12.2. The fourth-order valence-corrected chi connectivity index (χ4v) is 6.84. The highest BCUT2D eigenvalue weighted by Crippen LogP contribution is 2.66. The Hall–Kier alpha value is -0.340. The molecule has 0 saturated heterocycles. The van der Waals surface area contributed by atoms with Crippen LogP contribution in [-0.2, 0) is 0 Å². The predicted octanol–water partition coefficient (Wildman–Crippen LogP) is 4.61. The zero-order valence-electron chi connectivity index (χ0n) is 12.1. The Balaban J connectivity index is 1.34. The van der Waals surface area contributed by atoms with Crippen molar-refractivity contribution in [1.29, 1.82) is 0 Å². The summed E-state index contributed by atoms with van der Waals surface area (Å²) in [7, 11) is 0. The standard InChI is InChI=1S/C18H25NS/c1-2-5-11(4-1)17(14-6-3-9-20-14)19-18-15-12-7-8-13(10-12)16(15)18/h3,6,9,11-13,15-19H,1-2,4-5,7-8,10H2. The number of hydrogen-bond donors (Lipinski definition) is 1. The van der Waals surface area contributed by atoms with Crippen LogP contribution < -0.4 is 5.32 Å². The third kappa shape index (κ3) is 1.77. The molecule has 5 rings (SSSR count). The Morgan fingerprint density at radius 3 is 2.45 bits per heavy atom. The van der Waals surface area contributed by atoms with E-state index in [9.17, 15) is 0 Å². The van der Waals surface area contributed by atoms with Gasteiger partial charge in [0.05, 0.1) is 0 Å². The van der Waals surface area contributed by atoms with E-state index in [1.807, 2.05) is 11.3 Å². The van der Waals surface area contributed by atoms with Crippen molar-refractivity contribution in [2.24, 2.45) is 29.6 Å². The second-order valence-corrected chi connectivity index (χ2v) is 8.70. The average molecular weight is 287 g/mol. The Labute approximate surface area is 126 Å². The summed E-state index contributed by atoms with van der Waals surface area (Å²) in [5.74, 6) is 5.23. The predicted molar refractivity (Wildman–Crippen MR) is 83.8 cm³/mol. The molecule has 0 radical (unpaired) electrons. The van der Waals surface area contributed by atoms with E-state index in [2.05, 4.69) is 22.8 Å². The molecule has 1 nitrogen and oxygen atoms in total. The summed E-state index contributed by atoms with van der Waals surface area (Å²) in [6.07, 6.45) is 10.5. The van der Waals surface area contributed by atoms with Gasteiger partial charge in [-0.2, -0.15) is 0 Å². The molecule has 4 saturated carbocycles. The topological polar surface area (TPSA) is 12.0 Å². The Bertz CT molecular complexity index is 460. The van der Waals surface area contributed by atoms with Gasteiger partial charge in [0.1, 0.15) is 0 Å². The minimum atomic E-state index is 0.674. The lowest BCUT2D eigenvalue weighted by Gasteiger charge is -2.25. The largest absolute Gasteiger partial charge is 0.306 e. The van der Waals surface area contributed by atoms with Gasteiger partial charge in [0.2, 0.25) is 0 Å². The molecule has 4 aliphatic carbocycles. The van der Waals surface area contributed by atoms with Crippen LogP contribution in [0.25, 0.3) is 0 Å².